The molecule has 0 atom stereocenters. The average molecular weight is 256 g/mol. The first kappa shape index (κ1) is 17.9. The molecule has 0 heterocycles. The number of hydrogen-bond acceptors (Lipinski definition) is 3. The van der Waals surface area contributed by atoms with Gasteiger partial charge < -0.3 is 11.5 Å². The fourth-order valence-electron chi connectivity index (χ4n) is 0.675. The molecule has 1 rings (SSSR count). The van der Waals surface area contributed by atoms with Gasteiger partial charge in [-0.1, -0.05) is 12.1 Å². The minimum absolute atomic E-state index is 0. The van der Waals surface area contributed by atoms with E-state index in [9.17, 15) is 8.42 Å². The fourth-order valence-corrected chi connectivity index (χ4v) is 1.26. The molecular weight excluding hydrogens is 243 g/mol. The SMILES string of the molecule is C[CH-]C.O=S(=O)(O)c1ccccc1O.[K+]. The second-order valence-corrected chi connectivity index (χ2v) is 3.91. The van der Waals surface area contributed by atoms with Crippen LogP contribution in [0.4, 0.5) is 0 Å². The van der Waals surface area contributed by atoms with Gasteiger partial charge in [-0.3, -0.25) is 4.55 Å². The maximum Gasteiger partial charge on any atom is 1.00 e. The van der Waals surface area contributed by atoms with Gasteiger partial charge in [0.15, 0.2) is 0 Å². The summed E-state index contributed by atoms with van der Waals surface area (Å²) >= 11 is 0. The summed E-state index contributed by atoms with van der Waals surface area (Å²) in [6.45, 7) is 4.00. The molecule has 0 aliphatic heterocycles. The quantitative estimate of drug-likeness (QED) is 0.379. The third-order valence-corrected chi connectivity index (χ3v) is 2.04. The molecule has 0 saturated heterocycles. The van der Waals surface area contributed by atoms with Crippen molar-refractivity contribution in [3.63, 3.8) is 0 Å². The third kappa shape index (κ3) is 7.45. The number of benzene rings is 1. The van der Waals surface area contributed by atoms with Crippen LogP contribution in [0.1, 0.15) is 13.8 Å². The van der Waals surface area contributed by atoms with Crippen LogP contribution in [-0.2, 0) is 10.1 Å². The Balaban J connectivity index is 0. The smallest absolute Gasteiger partial charge is 0.506 e. The van der Waals surface area contributed by atoms with Crippen LogP contribution in [0.2, 0.25) is 0 Å². The van der Waals surface area contributed by atoms with E-state index < -0.39 is 20.8 Å². The van der Waals surface area contributed by atoms with Crippen molar-refractivity contribution in [3.05, 3.63) is 30.7 Å². The summed E-state index contributed by atoms with van der Waals surface area (Å²) in [6, 6.07) is 5.17. The van der Waals surface area contributed by atoms with Gasteiger partial charge in [-0.05, 0) is 12.1 Å². The third-order valence-electron chi connectivity index (χ3n) is 1.14. The molecule has 0 spiro atoms. The minimum Gasteiger partial charge on any atom is -0.506 e. The summed E-state index contributed by atoms with van der Waals surface area (Å²) in [5, 5.41) is 8.91. The zero-order chi connectivity index (χ0) is 11.2. The van der Waals surface area contributed by atoms with Crippen molar-refractivity contribution in [1.82, 2.24) is 0 Å². The summed E-state index contributed by atoms with van der Waals surface area (Å²) in [6.07, 6.45) is 2.00. The van der Waals surface area contributed by atoms with Crippen molar-refractivity contribution in [3.8, 4) is 5.75 Å². The Morgan fingerprint density at radius 1 is 1.20 bits per heavy atom. The van der Waals surface area contributed by atoms with E-state index in [-0.39, 0.29) is 51.4 Å². The van der Waals surface area contributed by atoms with Gasteiger partial charge in [-0.2, -0.15) is 22.3 Å². The topological polar surface area (TPSA) is 74.6 Å². The molecule has 0 saturated carbocycles. The van der Waals surface area contributed by atoms with Crippen LogP contribution < -0.4 is 51.4 Å². The number of phenols is 1. The molecule has 0 aromatic heterocycles. The second kappa shape index (κ2) is 8.69. The molecular formula is C9H13KO4S. The summed E-state index contributed by atoms with van der Waals surface area (Å²) in [5.41, 5.74) is 0. The van der Waals surface area contributed by atoms with Crippen LogP contribution in [0.25, 0.3) is 0 Å². The van der Waals surface area contributed by atoms with Crippen LogP contribution >= 0.6 is 0 Å². The van der Waals surface area contributed by atoms with E-state index in [1.165, 1.54) is 18.2 Å². The second-order valence-electron chi connectivity index (χ2n) is 2.52. The first-order chi connectivity index (χ1) is 6.43. The number of rotatable bonds is 1. The molecule has 1 aromatic carbocycles. The Kier molecular flexibility index (Phi) is 10.4. The predicted octanol–water partition coefficient (Wildman–Crippen LogP) is -1.13. The van der Waals surface area contributed by atoms with Crippen LogP contribution in [-0.4, -0.2) is 18.1 Å². The molecule has 80 valence electrons. The van der Waals surface area contributed by atoms with Crippen molar-refractivity contribution in [2.75, 3.05) is 0 Å². The normalized spacial score (nSPS) is 9.53. The summed E-state index contributed by atoms with van der Waals surface area (Å²) in [4.78, 5) is -0.472. The van der Waals surface area contributed by atoms with Gasteiger partial charge in [0.05, 0.1) is 0 Å². The fraction of sp³-hybridized carbons (Fsp3) is 0.222. The van der Waals surface area contributed by atoms with Crippen molar-refractivity contribution in [2.45, 2.75) is 18.7 Å². The predicted molar refractivity (Wildman–Crippen MR) is 53.6 cm³/mol. The molecule has 0 unspecified atom stereocenters. The number of hydrogen-bond donors (Lipinski definition) is 2. The molecule has 0 bridgehead atoms. The van der Waals surface area contributed by atoms with E-state index >= 15 is 0 Å². The summed E-state index contributed by atoms with van der Waals surface area (Å²) in [5.74, 6) is -0.449. The van der Waals surface area contributed by atoms with Crippen LogP contribution in [0, 0.1) is 6.42 Å². The molecule has 2 N–H and O–H groups in total. The van der Waals surface area contributed by atoms with E-state index in [4.69, 9.17) is 9.66 Å². The summed E-state index contributed by atoms with van der Waals surface area (Å²) < 4.78 is 29.4. The van der Waals surface area contributed by atoms with Crippen LogP contribution in [0.15, 0.2) is 29.2 Å². The van der Waals surface area contributed by atoms with Crippen molar-refractivity contribution < 1.29 is 69.5 Å². The molecule has 0 aliphatic rings. The zero-order valence-corrected chi connectivity index (χ0v) is 12.9. The summed E-state index contributed by atoms with van der Waals surface area (Å²) in [7, 11) is -4.28. The van der Waals surface area contributed by atoms with Gasteiger partial charge in [0, 0.05) is 0 Å². The molecule has 0 radical (unpaired) electrons. The van der Waals surface area contributed by atoms with Gasteiger partial charge in [-0.25, -0.2) is 0 Å². The van der Waals surface area contributed by atoms with Gasteiger partial charge in [-0.15, -0.1) is 0 Å². The van der Waals surface area contributed by atoms with E-state index in [2.05, 4.69) is 0 Å². The Morgan fingerprint density at radius 2 is 1.60 bits per heavy atom. The van der Waals surface area contributed by atoms with Gasteiger partial charge in [0.2, 0.25) is 0 Å². The number of phenolic OH excluding ortho intramolecular Hbond substituents is 1. The van der Waals surface area contributed by atoms with E-state index in [1.54, 1.807) is 0 Å². The van der Waals surface area contributed by atoms with Gasteiger partial charge >= 0.3 is 51.4 Å². The molecule has 0 amide bonds. The molecule has 15 heavy (non-hydrogen) atoms. The molecule has 0 fully saturated rings. The van der Waals surface area contributed by atoms with Crippen molar-refractivity contribution in [2.24, 2.45) is 0 Å². The Hall–Kier alpha value is 0.566. The van der Waals surface area contributed by atoms with Crippen LogP contribution in [0.3, 0.4) is 0 Å². The van der Waals surface area contributed by atoms with Gasteiger partial charge in [0.1, 0.15) is 10.6 Å². The Morgan fingerprint density at radius 3 is 1.87 bits per heavy atom. The minimum atomic E-state index is -4.28. The van der Waals surface area contributed by atoms with Crippen molar-refractivity contribution >= 4 is 10.1 Å². The largest absolute Gasteiger partial charge is 1.00 e. The molecule has 4 nitrogen and oxygen atoms in total. The molecule has 6 heteroatoms. The number of para-hydroxylation sites is 1. The van der Waals surface area contributed by atoms with Crippen molar-refractivity contribution in [1.29, 1.82) is 0 Å². The van der Waals surface area contributed by atoms with Gasteiger partial charge in [0.25, 0.3) is 10.1 Å². The van der Waals surface area contributed by atoms with E-state index in [0.717, 1.165) is 6.07 Å². The van der Waals surface area contributed by atoms with E-state index in [0.29, 0.717) is 0 Å². The first-order valence-corrected chi connectivity index (χ1v) is 5.37. The monoisotopic (exact) mass is 256 g/mol. The Bertz CT molecular complexity index is 375. The average Bonchev–Trinajstić information content (AvgIpc) is 2.04. The Labute approximate surface area is 133 Å². The van der Waals surface area contributed by atoms with E-state index in [1.807, 2.05) is 20.3 Å². The maximum atomic E-state index is 10.4. The maximum absolute atomic E-state index is 10.4. The first-order valence-electron chi connectivity index (χ1n) is 3.93. The van der Waals surface area contributed by atoms with Crippen LogP contribution in [0.5, 0.6) is 5.75 Å². The standard InChI is InChI=1S/C6H6O4S.C3H7.K/c7-5-3-1-2-4-6(5)11(8,9)10;1-3-2;/h1-4,7H,(H,8,9,10);3H,1-2H3;/q;-1;+1. The number of aromatic hydroxyl groups is 1. The zero-order valence-electron chi connectivity index (χ0n) is 9.01. The molecule has 0 aliphatic carbocycles. The molecule has 1 aromatic rings.